The molecule has 0 aliphatic carbocycles. The molecule has 462 valence electrons. The summed E-state index contributed by atoms with van der Waals surface area (Å²) in [6.45, 7) is 8.35. The van der Waals surface area contributed by atoms with Crippen molar-refractivity contribution < 1.29 is 39.6 Å². The molecule has 4 bridgehead atoms. The molecular formula is C66H80Cl3N5O9S3. The van der Waals surface area contributed by atoms with Crippen LogP contribution in [0.3, 0.4) is 0 Å². The minimum atomic E-state index is -3.01. The molecule has 4 saturated heterocycles. The van der Waals surface area contributed by atoms with Gasteiger partial charge in [0.25, 0.3) is 0 Å². The standard InChI is InChI=1S/C24H31ClN2O3S.C24H29ClN2O3S.C18H20ClNO3S/c2*1-17-23(24(28)16-26-19-10-11-20(26)13-12-19)15-22(5-3-4-14-31(2,29)30)27(17)21-8-6-18(25)7-9-21;1-13-18(14(2)21)12-17(6-4-5-11-24(3,22)23)20(13)16-9-7-15(19)8-10-16/h6-9,15,19-20H,3-5,10-14,16H2,1-2H3;3,5-9,15,19-20H,4,10-14,16H2,1-2H3;4,6-10,12H,5,11H2,1-3H3/b;5-3+;6-4+. The lowest BCUT2D eigenvalue weighted by Crippen LogP contribution is -2.34. The highest BCUT2D eigenvalue weighted by molar-refractivity contribution is 7.91. The van der Waals surface area contributed by atoms with Gasteiger partial charge >= 0.3 is 0 Å². The average molecular weight is 1290 g/mol. The van der Waals surface area contributed by atoms with Gasteiger partial charge in [-0.05, 0) is 214 Å². The van der Waals surface area contributed by atoms with Crippen LogP contribution in [0.5, 0.6) is 0 Å². The number of rotatable bonds is 23. The summed E-state index contributed by atoms with van der Waals surface area (Å²) in [6.07, 6.45) is 23.8. The number of carbonyl (C=O) groups is 3. The van der Waals surface area contributed by atoms with Crippen LogP contribution in [-0.2, 0) is 35.9 Å². The van der Waals surface area contributed by atoms with E-state index in [1.807, 2.05) is 133 Å². The number of benzene rings is 3. The molecule has 20 heteroatoms. The first-order valence-corrected chi connectivity index (χ1v) is 36.8. The van der Waals surface area contributed by atoms with Gasteiger partial charge in [-0.15, -0.1) is 0 Å². The molecule has 0 spiro atoms. The van der Waals surface area contributed by atoms with Crippen LogP contribution in [0.4, 0.5) is 0 Å². The Bertz CT molecular complexity index is 3790. The maximum absolute atomic E-state index is 13.3. The number of halogens is 3. The number of hydrogen-bond donors (Lipinski definition) is 0. The summed E-state index contributed by atoms with van der Waals surface area (Å²) in [5, 5.41) is 1.96. The van der Waals surface area contributed by atoms with Crippen molar-refractivity contribution in [3.8, 4) is 17.1 Å². The fraction of sp³-hybridized carbons (Fsp3) is 0.439. The molecule has 3 aromatic carbocycles. The van der Waals surface area contributed by atoms with Gasteiger partial charge < -0.3 is 13.7 Å². The molecule has 14 nitrogen and oxygen atoms in total. The molecule has 6 aromatic rings. The summed E-state index contributed by atoms with van der Waals surface area (Å²) in [4.78, 5) is 43.2. The van der Waals surface area contributed by atoms with Crippen LogP contribution in [-0.4, -0.2) is 139 Å². The van der Waals surface area contributed by atoms with Crippen molar-refractivity contribution in [3.63, 3.8) is 0 Å². The van der Waals surface area contributed by atoms with Gasteiger partial charge in [0.15, 0.2) is 17.3 Å². The molecule has 86 heavy (non-hydrogen) atoms. The molecule has 0 amide bonds. The zero-order valence-electron chi connectivity index (χ0n) is 50.3. The second-order valence-corrected chi connectivity index (χ2v) is 31.7. The van der Waals surface area contributed by atoms with Gasteiger partial charge in [-0.3, -0.25) is 24.2 Å². The number of unbranched alkanes of at least 4 members (excludes halogenated alkanes) is 1. The Morgan fingerprint density at radius 2 is 0.791 bits per heavy atom. The number of aromatic nitrogens is 3. The molecule has 0 N–H and O–H groups in total. The fourth-order valence-corrected chi connectivity index (χ4v) is 15.0. The number of hydrogen-bond acceptors (Lipinski definition) is 11. The van der Waals surface area contributed by atoms with Crippen molar-refractivity contribution >= 4 is 93.8 Å². The van der Waals surface area contributed by atoms with Crippen LogP contribution in [0.2, 0.25) is 15.1 Å². The van der Waals surface area contributed by atoms with Gasteiger partial charge in [0.05, 0.1) is 24.6 Å². The molecule has 3 aromatic heterocycles. The molecule has 4 aliphatic heterocycles. The van der Waals surface area contributed by atoms with Crippen LogP contribution >= 0.6 is 34.8 Å². The number of nitrogens with zero attached hydrogens (tertiary/aromatic N) is 5. The Kier molecular flexibility index (Phi) is 22.3. The third kappa shape index (κ3) is 17.5. The monoisotopic (exact) mass is 1290 g/mol. The minimum absolute atomic E-state index is 0.00833. The van der Waals surface area contributed by atoms with Crippen molar-refractivity contribution in [3.05, 3.63) is 169 Å². The smallest absolute Gasteiger partial charge is 0.178 e. The van der Waals surface area contributed by atoms with Gasteiger partial charge in [0.1, 0.15) is 29.5 Å². The molecule has 10 rings (SSSR count). The fourth-order valence-electron chi connectivity index (χ4n) is 12.8. The van der Waals surface area contributed by atoms with E-state index in [2.05, 4.69) is 14.4 Å². The van der Waals surface area contributed by atoms with E-state index in [0.717, 1.165) is 75.2 Å². The van der Waals surface area contributed by atoms with E-state index in [-0.39, 0.29) is 34.6 Å². The quantitative estimate of drug-likeness (QED) is 0.0441. The predicted octanol–water partition coefficient (Wildman–Crippen LogP) is 13.4. The van der Waals surface area contributed by atoms with E-state index < -0.39 is 29.5 Å². The first-order chi connectivity index (χ1) is 40.6. The largest absolute Gasteiger partial charge is 0.317 e. The van der Waals surface area contributed by atoms with E-state index in [4.69, 9.17) is 34.8 Å². The third-order valence-electron chi connectivity index (χ3n) is 17.1. The van der Waals surface area contributed by atoms with Crippen LogP contribution in [0.25, 0.3) is 29.2 Å². The van der Waals surface area contributed by atoms with Crippen LogP contribution < -0.4 is 0 Å². The number of carbonyl (C=O) groups excluding carboxylic acids is 3. The Morgan fingerprint density at radius 3 is 1.15 bits per heavy atom. The molecule has 0 unspecified atom stereocenters. The Morgan fingerprint density at radius 1 is 0.465 bits per heavy atom. The third-order valence-corrected chi connectivity index (χ3v) is 20.8. The number of Topliss-reactive ketones (excluding diaryl/α,β-unsaturated/α-hetero) is 3. The number of allylic oxidation sites excluding steroid dienone is 2. The van der Waals surface area contributed by atoms with Crippen molar-refractivity contribution in [2.24, 2.45) is 0 Å². The SMILES string of the molecule is CC(=O)c1cc(/C=C/CCS(C)(=O)=O)n(-c2ccc(Cl)cc2)c1C.Cc1c(C(=O)CN2C3CCC2CC3)cc(/C=C/CCS(C)(=O)=O)n1-c1ccc(Cl)cc1.Cc1c(C(=O)CN2C3CCC2CC3)cc(CCCCS(C)(=O)=O)n1-c1ccc(Cl)cc1. The van der Waals surface area contributed by atoms with Crippen LogP contribution in [0.1, 0.15) is 149 Å². The van der Waals surface area contributed by atoms with E-state index in [1.165, 1.54) is 77.1 Å². The molecule has 4 aliphatic rings. The number of sulfone groups is 3. The first kappa shape index (κ1) is 66.6. The van der Waals surface area contributed by atoms with Gasteiger partial charge in [-0.2, -0.15) is 0 Å². The van der Waals surface area contributed by atoms with Gasteiger partial charge in [-0.1, -0.05) is 47.0 Å². The average Bonchev–Trinajstić information content (AvgIpc) is 1.85. The summed E-state index contributed by atoms with van der Waals surface area (Å²) in [5.41, 5.74) is 10.3. The van der Waals surface area contributed by atoms with Crippen LogP contribution in [0.15, 0.2) is 103 Å². The zero-order chi connectivity index (χ0) is 62.3. The highest BCUT2D eigenvalue weighted by Gasteiger charge is 2.41. The Balaban J connectivity index is 0.000000169. The lowest BCUT2D eigenvalue weighted by molar-refractivity contribution is 0.0910. The Labute approximate surface area is 524 Å². The van der Waals surface area contributed by atoms with E-state index in [9.17, 15) is 39.6 Å². The number of aryl methyl sites for hydroxylation is 1. The second-order valence-electron chi connectivity index (χ2n) is 23.6. The highest BCUT2D eigenvalue weighted by Crippen LogP contribution is 2.39. The van der Waals surface area contributed by atoms with Crippen molar-refractivity contribution in [1.82, 2.24) is 23.5 Å². The summed E-state index contributed by atoms with van der Waals surface area (Å²) < 4.78 is 74.4. The summed E-state index contributed by atoms with van der Waals surface area (Å²) in [6, 6.07) is 30.5. The summed E-state index contributed by atoms with van der Waals surface area (Å²) >= 11 is 18.1. The van der Waals surface area contributed by atoms with Gasteiger partial charge in [0.2, 0.25) is 0 Å². The normalized spacial score (nSPS) is 18.7. The summed E-state index contributed by atoms with van der Waals surface area (Å²) in [7, 11) is -8.96. The number of fused-ring (bicyclic) bond motifs is 4. The molecule has 4 fully saturated rings. The van der Waals surface area contributed by atoms with Crippen molar-refractivity contribution in [2.75, 3.05) is 49.1 Å². The minimum Gasteiger partial charge on any atom is -0.317 e. The highest BCUT2D eigenvalue weighted by atomic mass is 35.5. The van der Waals surface area contributed by atoms with Gasteiger partial charge in [-0.25, -0.2) is 25.3 Å². The maximum Gasteiger partial charge on any atom is 0.178 e. The van der Waals surface area contributed by atoms with Crippen LogP contribution in [0, 0.1) is 20.8 Å². The predicted molar refractivity (Wildman–Crippen MR) is 350 cm³/mol. The lowest BCUT2D eigenvalue weighted by Gasteiger charge is -2.20. The maximum atomic E-state index is 13.3. The van der Waals surface area contributed by atoms with E-state index >= 15 is 0 Å². The first-order valence-electron chi connectivity index (χ1n) is 29.5. The molecule has 7 heterocycles. The number of ketones is 3. The van der Waals surface area contributed by atoms with E-state index in [1.54, 1.807) is 12.1 Å². The molecular weight excluding hydrogens is 1210 g/mol. The molecule has 0 atom stereocenters. The van der Waals surface area contributed by atoms with Crippen molar-refractivity contribution in [1.29, 1.82) is 0 Å². The van der Waals surface area contributed by atoms with Crippen molar-refractivity contribution in [2.45, 2.75) is 135 Å². The topological polar surface area (TPSA) is 175 Å². The summed E-state index contributed by atoms with van der Waals surface area (Å²) in [5.74, 6) is 0.719. The Hall–Kier alpha value is -5.37. The van der Waals surface area contributed by atoms with Gasteiger partial charge in [0, 0.05) is 132 Å². The second kappa shape index (κ2) is 28.9. The lowest BCUT2D eigenvalue weighted by atomic mass is 10.0. The molecule has 0 saturated carbocycles. The molecule has 0 radical (unpaired) electrons. The zero-order valence-corrected chi connectivity index (χ0v) is 55.0. The van der Waals surface area contributed by atoms with E-state index in [0.29, 0.717) is 77.2 Å².